The highest BCUT2D eigenvalue weighted by molar-refractivity contribution is 7.98. The highest BCUT2D eigenvalue weighted by atomic mass is 32.2. The SMILES string of the molecule is CSCC(C)(O)CNc1ccc([N+](=O)[O-])c2cccnc12. The topological polar surface area (TPSA) is 88.3 Å². The van der Waals surface area contributed by atoms with E-state index in [0.29, 0.717) is 28.9 Å². The molecule has 0 aliphatic carbocycles. The summed E-state index contributed by atoms with van der Waals surface area (Å²) >= 11 is 1.56. The number of hydrogen-bond donors (Lipinski definition) is 2. The molecular weight excluding hydrogens is 290 g/mol. The molecule has 1 heterocycles. The van der Waals surface area contributed by atoms with Gasteiger partial charge in [-0.05, 0) is 31.4 Å². The molecule has 1 atom stereocenters. The number of fused-ring (bicyclic) bond motifs is 1. The minimum absolute atomic E-state index is 0.0273. The van der Waals surface area contributed by atoms with E-state index in [4.69, 9.17) is 0 Å². The van der Waals surface area contributed by atoms with E-state index in [2.05, 4.69) is 10.3 Å². The molecule has 0 bridgehead atoms. The highest BCUT2D eigenvalue weighted by Gasteiger charge is 2.21. The van der Waals surface area contributed by atoms with Crippen molar-refractivity contribution in [3.63, 3.8) is 0 Å². The Hall–Kier alpha value is -1.86. The van der Waals surface area contributed by atoms with E-state index in [1.165, 1.54) is 6.07 Å². The zero-order chi connectivity index (χ0) is 15.5. The zero-order valence-electron chi connectivity index (χ0n) is 11.9. The van der Waals surface area contributed by atoms with Gasteiger partial charge in [0.15, 0.2) is 0 Å². The van der Waals surface area contributed by atoms with Crippen LogP contribution in [0.2, 0.25) is 0 Å². The molecule has 2 rings (SSSR count). The van der Waals surface area contributed by atoms with Crippen molar-refractivity contribution in [3.8, 4) is 0 Å². The first-order valence-electron chi connectivity index (χ1n) is 6.42. The third-order valence-electron chi connectivity index (χ3n) is 3.06. The van der Waals surface area contributed by atoms with Crippen LogP contribution < -0.4 is 5.32 Å². The minimum Gasteiger partial charge on any atom is -0.387 e. The third-order valence-corrected chi connectivity index (χ3v) is 3.97. The Morgan fingerprint density at radius 2 is 2.24 bits per heavy atom. The number of nitro groups is 1. The van der Waals surface area contributed by atoms with Crippen LogP contribution in [-0.2, 0) is 0 Å². The summed E-state index contributed by atoms with van der Waals surface area (Å²) in [6.45, 7) is 2.09. The van der Waals surface area contributed by atoms with Gasteiger partial charge in [0.2, 0.25) is 0 Å². The number of anilines is 1. The molecule has 21 heavy (non-hydrogen) atoms. The summed E-state index contributed by atoms with van der Waals surface area (Å²) in [4.78, 5) is 14.8. The fourth-order valence-electron chi connectivity index (χ4n) is 2.11. The van der Waals surface area contributed by atoms with Crippen LogP contribution in [0.15, 0.2) is 30.5 Å². The standard InChI is InChI=1S/C14H17N3O3S/c1-14(18,9-21-2)8-16-11-5-6-12(17(19)20)10-4-3-7-15-13(10)11/h3-7,16,18H,8-9H2,1-2H3. The first-order chi connectivity index (χ1) is 9.94. The Labute approximate surface area is 126 Å². The Morgan fingerprint density at radius 3 is 2.90 bits per heavy atom. The van der Waals surface area contributed by atoms with Gasteiger partial charge in [-0.3, -0.25) is 15.1 Å². The van der Waals surface area contributed by atoms with Crippen LogP contribution in [0.4, 0.5) is 11.4 Å². The van der Waals surface area contributed by atoms with Crippen LogP contribution >= 0.6 is 11.8 Å². The van der Waals surface area contributed by atoms with Gasteiger partial charge >= 0.3 is 0 Å². The highest BCUT2D eigenvalue weighted by Crippen LogP contribution is 2.30. The molecule has 0 aliphatic rings. The van der Waals surface area contributed by atoms with Crippen molar-refractivity contribution < 1.29 is 10.0 Å². The van der Waals surface area contributed by atoms with Crippen LogP contribution in [0, 0.1) is 10.1 Å². The third kappa shape index (κ3) is 3.62. The minimum atomic E-state index is -0.859. The van der Waals surface area contributed by atoms with Crippen molar-refractivity contribution in [2.45, 2.75) is 12.5 Å². The lowest BCUT2D eigenvalue weighted by molar-refractivity contribution is -0.383. The number of nitro benzene ring substituents is 1. The molecule has 1 aromatic heterocycles. The molecule has 0 saturated carbocycles. The zero-order valence-corrected chi connectivity index (χ0v) is 12.7. The molecule has 1 unspecified atom stereocenters. The lowest BCUT2D eigenvalue weighted by Crippen LogP contribution is -2.36. The van der Waals surface area contributed by atoms with E-state index in [9.17, 15) is 15.2 Å². The van der Waals surface area contributed by atoms with Crippen LogP contribution in [0.1, 0.15) is 6.92 Å². The number of thioether (sulfide) groups is 1. The summed E-state index contributed by atoms with van der Waals surface area (Å²) in [5.74, 6) is 0.596. The van der Waals surface area contributed by atoms with Gasteiger partial charge < -0.3 is 10.4 Å². The molecule has 112 valence electrons. The Kier molecular flexibility index (Phi) is 4.64. The smallest absolute Gasteiger partial charge is 0.278 e. The van der Waals surface area contributed by atoms with Gasteiger partial charge in [0, 0.05) is 24.6 Å². The fraction of sp³-hybridized carbons (Fsp3) is 0.357. The molecule has 0 amide bonds. The van der Waals surface area contributed by atoms with E-state index in [0.717, 1.165) is 0 Å². The van der Waals surface area contributed by atoms with Crippen molar-refractivity contribution in [3.05, 3.63) is 40.6 Å². The molecule has 0 fully saturated rings. The molecule has 7 heteroatoms. The Morgan fingerprint density at radius 1 is 1.48 bits per heavy atom. The number of benzene rings is 1. The predicted octanol–water partition coefficient (Wildman–Crippen LogP) is 2.67. The number of aliphatic hydroxyl groups is 1. The van der Waals surface area contributed by atoms with Gasteiger partial charge in [-0.2, -0.15) is 11.8 Å². The number of pyridine rings is 1. The molecule has 0 saturated heterocycles. The van der Waals surface area contributed by atoms with Crippen LogP contribution in [0.3, 0.4) is 0 Å². The fourth-order valence-corrected chi connectivity index (χ4v) is 2.83. The van der Waals surface area contributed by atoms with E-state index >= 15 is 0 Å². The maximum absolute atomic E-state index is 11.0. The van der Waals surface area contributed by atoms with Crippen LogP contribution in [-0.4, -0.2) is 39.2 Å². The monoisotopic (exact) mass is 307 g/mol. The van der Waals surface area contributed by atoms with E-state index < -0.39 is 10.5 Å². The summed E-state index contributed by atoms with van der Waals surface area (Å²) in [5, 5.41) is 24.8. The van der Waals surface area contributed by atoms with Crippen molar-refractivity contribution in [2.24, 2.45) is 0 Å². The van der Waals surface area contributed by atoms with Crippen LogP contribution in [0.25, 0.3) is 10.9 Å². The summed E-state index contributed by atoms with van der Waals surface area (Å²) in [6.07, 6.45) is 3.52. The summed E-state index contributed by atoms with van der Waals surface area (Å²) in [7, 11) is 0. The maximum atomic E-state index is 11.0. The average molecular weight is 307 g/mol. The second-order valence-corrected chi connectivity index (χ2v) is 5.94. The van der Waals surface area contributed by atoms with Crippen molar-refractivity contribution in [1.82, 2.24) is 4.98 Å². The second-order valence-electron chi connectivity index (χ2n) is 5.07. The van der Waals surface area contributed by atoms with Crippen molar-refractivity contribution in [2.75, 3.05) is 23.9 Å². The first kappa shape index (κ1) is 15.5. The number of non-ortho nitro benzene ring substituents is 1. The van der Waals surface area contributed by atoms with E-state index in [1.807, 2.05) is 6.26 Å². The quantitative estimate of drug-likeness (QED) is 0.630. The molecule has 6 nitrogen and oxygen atoms in total. The van der Waals surface area contributed by atoms with Gasteiger partial charge in [-0.15, -0.1) is 0 Å². The molecule has 0 radical (unpaired) electrons. The molecule has 2 N–H and O–H groups in total. The van der Waals surface area contributed by atoms with Gasteiger partial charge in [-0.25, -0.2) is 0 Å². The molecule has 1 aromatic carbocycles. The average Bonchev–Trinajstić information content (AvgIpc) is 2.44. The van der Waals surface area contributed by atoms with Gasteiger partial charge in [0.05, 0.1) is 21.6 Å². The summed E-state index contributed by atoms with van der Waals surface area (Å²) in [5.41, 5.74) is 0.381. The lowest BCUT2D eigenvalue weighted by Gasteiger charge is -2.23. The molecule has 0 spiro atoms. The van der Waals surface area contributed by atoms with Crippen molar-refractivity contribution in [1.29, 1.82) is 0 Å². The Bertz CT molecular complexity index is 661. The van der Waals surface area contributed by atoms with E-state index in [-0.39, 0.29) is 5.69 Å². The lowest BCUT2D eigenvalue weighted by atomic mass is 10.1. The molecule has 0 aliphatic heterocycles. The van der Waals surface area contributed by atoms with Gasteiger partial charge in [0.1, 0.15) is 5.52 Å². The summed E-state index contributed by atoms with van der Waals surface area (Å²) < 4.78 is 0. The van der Waals surface area contributed by atoms with Gasteiger partial charge in [-0.1, -0.05) is 0 Å². The van der Waals surface area contributed by atoms with Crippen molar-refractivity contribution >= 4 is 34.0 Å². The second kappa shape index (κ2) is 6.28. The van der Waals surface area contributed by atoms with Gasteiger partial charge in [0.25, 0.3) is 5.69 Å². The first-order valence-corrected chi connectivity index (χ1v) is 7.81. The van der Waals surface area contributed by atoms with E-state index in [1.54, 1.807) is 43.1 Å². The number of nitrogens with zero attached hydrogens (tertiary/aromatic N) is 2. The largest absolute Gasteiger partial charge is 0.387 e. The number of nitrogens with one attached hydrogen (secondary N) is 1. The number of aromatic nitrogens is 1. The Balaban J connectivity index is 2.34. The number of hydrogen-bond acceptors (Lipinski definition) is 6. The summed E-state index contributed by atoms with van der Waals surface area (Å²) in [6, 6.07) is 6.42. The molecular formula is C14H17N3O3S. The molecule has 2 aromatic rings. The van der Waals surface area contributed by atoms with Crippen LogP contribution in [0.5, 0.6) is 0 Å². The maximum Gasteiger partial charge on any atom is 0.278 e. The number of rotatable bonds is 6. The normalized spacial score (nSPS) is 13.9. The predicted molar refractivity (Wildman–Crippen MR) is 85.9 cm³/mol.